The van der Waals surface area contributed by atoms with Crippen molar-refractivity contribution in [3.05, 3.63) is 18.2 Å². The van der Waals surface area contributed by atoms with E-state index in [1.807, 2.05) is 0 Å². The number of fused-ring (bicyclic) bond motifs is 1. The second-order valence-electron chi connectivity index (χ2n) is 8.14. The smallest absolute Gasteiger partial charge is 0.306 e. The van der Waals surface area contributed by atoms with Crippen molar-refractivity contribution >= 4 is 21.9 Å². The maximum Gasteiger partial charge on any atom is 0.306 e. The van der Waals surface area contributed by atoms with Crippen molar-refractivity contribution in [2.75, 3.05) is 19.8 Å². The molecule has 2 N–H and O–H groups in total. The summed E-state index contributed by atoms with van der Waals surface area (Å²) in [4.78, 5) is 24.1. The third kappa shape index (κ3) is 7.09. The van der Waals surface area contributed by atoms with Crippen molar-refractivity contribution in [2.24, 2.45) is 0 Å². The Bertz CT molecular complexity index is 898. The number of unbranched alkanes of at least 4 members (excludes halogenated alkanes) is 2. The number of esters is 1. The predicted molar refractivity (Wildman–Crippen MR) is 117 cm³/mol. The zero-order chi connectivity index (χ0) is 23.0. The van der Waals surface area contributed by atoms with Crippen LogP contribution in [0.2, 0.25) is 0 Å². The number of hydrogen-bond acceptors (Lipinski definition) is 7. The Labute approximate surface area is 189 Å². The Balaban J connectivity index is 1.30. The van der Waals surface area contributed by atoms with Crippen LogP contribution in [0.3, 0.4) is 0 Å². The molecule has 1 amide bonds. The van der Waals surface area contributed by atoms with Crippen LogP contribution in [0, 0.1) is 0 Å². The molecule has 0 radical (unpaired) electrons. The van der Waals surface area contributed by atoms with Gasteiger partial charge in [0.05, 0.1) is 4.90 Å². The number of hydrogen-bond donors (Lipinski definition) is 2. The molecule has 0 saturated heterocycles. The monoisotopic (exact) mass is 468 g/mol. The summed E-state index contributed by atoms with van der Waals surface area (Å²) < 4.78 is 43.5. The lowest BCUT2D eigenvalue weighted by atomic mass is 10.2. The molecule has 1 fully saturated rings. The largest absolute Gasteiger partial charge is 0.486 e. The standard InChI is InChI=1S/C22H32N2O7S/c1-16(22(26)24-17-7-4-5-8-17)31-21(25)9-3-2-6-12-23-32(27,28)18-10-11-19-20(15-18)30-14-13-29-19/h10-11,15-17,23H,2-9,12-14H2,1H3,(H,24,26). The second-order valence-corrected chi connectivity index (χ2v) is 9.90. The average molecular weight is 469 g/mol. The zero-order valence-electron chi connectivity index (χ0n) is 18.4. The van der Waals surface area contributed by atoms with Gasteiger partial charge in [-0.15, -0.1) is 0 Å². The quantitative estimate of drug-likeness (QED) is 0.378. The van der Waals surface area contributed by atoms with Crippen molar-refractivity contribution < 1.29 is 32.2 Å². The first-order valence-corrected chi connectivity index (χ1v) is 12.7. The lowest BCUT2D eigenvalue weighted by Crippen LogP contribution is -2.40. The third-order valence-corrected chi connectivity index (χ3v) is 7.01. The lowest BCUT2D eigenvalue weighted by Gasteiger charge is -2.19. The van der Waals surface area contributed by atoms with E-state index in [-0.39, 0.29) is 29.8 Å². The van der Waals surface area contributed by atoms with Crippen LogP contribution in [-0.2, 0) is 24.3 Å². The number of rotatable bonds is 11. The highest BCUT2D eigenvalue weighted by Crippen LogP contribution is 2.32. The van der Waals surface area contributed by atoms with Crippen molar-refractivity contribution in [3.63, 3.8) is 0 Å². The van der Waals surface area contributed by atoms with Gasteiger partial charge in [-0.05, 0) is 44.7 Å². The maximum absolute atomic E-state index is 12.4. The van der Waals surface area contributed by atoms with Crippen LogP contribution in [0.4, 0.5) is 0 Å². The molecule has 1 aromatic carbocycles. The number of benzene rings is 1. The summed E-state index contributed by atoms with van der Waals surface area (Å²) in [5.74, 6) is 0.283. The Morgan fingerprint density at radius 2 is 1.81 bits per heavy atom. The van der Waals surface area contributed by atoms with Gasteiger partial charge in [0.2, 0.25) is 10.0 Å². The fraction of sp³-hybridized carbons (Fsp3) is 0.636. The molecule has 1 atom stereocenters. The van der Waals surface area contributed by atoms with Crippen LogP contribution in [0.5, 0.6) is 11.5 Å². The predicted octanol–water partition coefficient (Wildman–Crippen LogP) is 2.29. The minimum atomic E-state index is -3.65. The van der Waals surface area contributed by atoms with Crippen LogP contribution < -0.4 is 19.5 Å². The maximum atomic E-state index is 12.4. The molecule has 0 aromatic heterocycles. The fourth-order valence-electron chi connectivity index (χ4n) is 3.75. The molecule has 1 unspecified atom stereocenters. The van der Waals surface area contributed by atoms with Gasteiger partial charge in [0.15, 0.2) is 17.6 Å². The van der Waals surface area contributed by atoms with E-state index < -0.39 is 22.1 Å². The molecule has 10 heteroatoms. The van der Waals surface area contributed by atoms with Crippen LogP contribution in [0.1, 0.15) is 58.3 Å². The first-order valence-electron chi connectivity index (χ1n) is 11.2. The highest BCUT2D eigenvalue weighted by molar-refractivity contribution is 7.89. The van der Waals surface area contributed by atoms with Gasteiger partial charge < -0.3 is 19.5 Å². The van der Waals surface area contributed by atoms with Gasteiger partial charge in [-0.1, -0.05) is 19.3 Å². The molecule has 1 saturated carbocycles. The van der Waals surface area contributed by atoms with Crippen molar-refractivity contribution in [3.8, 4) is 11.5 Å². The van der Waals surface area contributed by atoms with Crippen LogP contribution >= 0.6 is 0 Å². The minimum absolute atomic E-state index is 0.121. The summed E-state index contributed by atoms with van der Waals surface area (Å²) in [7, 11) is -3.65. The first kappa shape index (κ1) is 24.3. The minimum Gasteiger partial charge on any atom is -0.486 e. The number of amides is 1. The molecule has 32 heavy (non-hydrogen) atoms. The third-order valence-electron chi connectivity index (χ3n) is 5.55. The van der Waals surface area contributed by atoms with E-state index >= 15 is 0 Å². The van der Waals surface area contributed by atoms with Gasteiger partial charge >= 0.3 is 5.97 Å². The van der Waals surface area contributed by atoms with Crippen molar-refractivity contribution in [1.82, 2.24) is 10.0 Å². The van der Waals surface area contributed by atoms with Gasteiger partial charge in [0, 0.05) is 25.1 Å². The highest BCUT2D eigenvalue weighted by atomic mass is 32.2. The second kappa shape index (κ2) is 11.5. The molecule has 0 spiro atoms. The molecule has 1 aromatic rings. The normalized spacial score (nSPS) is 17.0. The zero-order valence-corrected chi connectivity index (χ0v) is 19.2. The topological polar surface area (TPSA) is 120 Å². The molecule has 9 nitrogen and oxygen atoms in total. The average Bonchev–Trinajstić information content (AvgIpc) is 3.28. The molecule has 1 aliphatic heterocycles. The Kier molecular flexibility index (Phi) is 8.75. The molecule has 2 aliphatic rings. The van der Waals surface area contributed by atoms with E-state index in [0.29, 0.717) is 44.0 Å². The summed E-state index contributed by atoms with van der Waals surface area (Å²) in [5.41, 5.74) is 0. The summed E-state index contributed by atoms with van der Waals surface area (Å²) in [6.07, 6.45) is 5.36. The van der Waals surface area contributed by atoms with E-state index in [0.717, 1.165) is 25.7 Å². The molecule has 1 aliphatic carbocycles. The van der Waals surface area contributed by atoms with E-state index in [4.69, 9.17) is 14.2 Å². The summed E-state index contributed by atoms with van der Waals surface area (Å²) in [6.45, 7) is 2.66. The molecular formula is C22H32N2O7S. The van der Waals surface area contributed by atoms with E-state index in [1.54, 1.807) is 13.0 Å². The number of nitrogens with one attached hydrogen (secondary N) is 2. The molecule has 3 rings (SSSR count). The molecule has 1 heterocycles. The van der Waals surface area contributed by atoms with Crippen molar-refractivity contribution in [1.29, 1.82) is 0 Å². The highest BCUT2D eigenvalue weighted by Gasteiger charge is 2.23. The van der Waals surface area contributed by atoms with Gasteiger partial charge in [0.1, 0.15) is 13.2 Å². The number of carbonyl (C=O) groups excluding carboxylic acids is 2. The lowest BCUT2D eigenvalue weighted by molar-refractivity contribution is -0.155. The first-order chi connectivity index (χ1) is 15.3. The Morgan fingerprint density at radius 1 is 1.09 bits per heavy atom. The van der Waals surface area contributed by atoms with E-state index in [1.165, 1.54) is 12.1 Å². The molecule has 178 valence electrons. The number of ether oxygens (including phenoxy) is 3. The van der Waals surface area contributed by atoms with Gasteiger partial charge in [-0.3, -0.25) is 9.59 Å². The molecule has 0 bridgehead atoms. The number of sulfonamides is 1. The summed E-state index contributed by atoms with van der Waals surface area (Å²) in [6, 6.07) is 4.71. The SMILES string of the molecule is CC(OC(=O)CCCCCNS(=O)(=O)c1ccc2c(c1)OCCO2)C(=O)NC1CCCC1. The van der Waals surface area contributed by atoms with Gasteiger partial charge in [-0.25, -0.2) is 13.1 Å². The van der Waals surface area contributed by atoms with Gasteiger partial charge in [0.25, 0.3) is 5.91 Å². The van der Waals surface area contributed by atoms with Crippen LogP contribution in [0.25, 0.3) is 0 Å². The Hall–Kier alpha value is -2.33. The fourth-order valence-corrected chi connectivity index (χ4v) is 4.84. The Morgan fingerprint density at radius 3 is 2.56 bits per heavy atom. The van der Waals surface area contributed by atoms with Gasteiger partial charge in [-0.2, -0.15) is 0 Å². The van der Waals surface area contributed by atoms with E-state index in [2.05, 4.69) is 10.0 Å². The van der Waals surface area contributed by atoms with Crippen molar-refractivity contribution in [2.45, 2.75) is 75.3 Å². The summed E-state index contributed by atoms with van der Waals surface area (Å²) in [5, 5.41) is 2.92. The van der Waals surface area contributed by atoms with Crippen LogP contribution in [0.15, 0.2) is 23.1 Å². The van der Waals surface area contributed by atoms with E-state index in [9.17, 15) is 18.0 Å². The number of carbonyl (C=O) groups is 2. The molecular weight excluding hydrogens is 436 g/mol. The summed E-state index contributed by atoms with van der Waals surface area (Å²) >= 11 is 0. The van der Waals surface area contributed by atoms with Crippen LogP contribution in [-0.4, -0.2) is 52.2 Å².